The van der Waals surface area contributed by atoms with Crippen LogP contribution in [0.1, 0.15) is 59.1 Å². The number of nitrogens with zero attached hydrogens (tertiary/aromatic N) is 2. The topological polar surface area (TPSA) is 208 Å². The molecule has 0 aromatic heterocycles. The third-order valence-corrected chi connectivity index (χ3v) is 8.57. The highest BCUT2D eigenvalue weighted by Crippen LogP contribution is 2.20. The van der Waals surface area contributed by atoms with Crippen LogP contribution in [0.5, 0.6) is 0 Å². The molecule has 7 N–H and O–H groups in total. The molecule has 15 heteroatoms. The van der Waals surface area contributed by atoms with E-state index < -0.39 is 53.8 Å². The van der Waals surface area contributed by atoms with Gasteiger partial charge in [-0.05, 0) is 95.2 Å². The fourth-order valence-electron chi connectivity index (χ4n) is 5.86. The standard InChI is InChI=1S/C42H56N6O9/c1-41(2,3)56-39(52)47-24-30(17-19-35(47)43)26-54-37(50)45-32(21-28-13-9-7-10-14-28)23-34(49)33(22-29-15-11-8-12-16-29)46-38(51)55-27-31-18-20-36(44)48(25-31)40(53)57-42(4,5)6/h7-20,32-34,49H,21-27,43-44H2,1-6H3,(H,45,50)(H,46,51)/t32-,33-,34-/m0/s1. The first kappa shape index (κ1) is 43.8. The van der Waals surface area contributed by atoms with Gasteiger partial charge in [0.15, 0.2) is 0 Å². The highest BCUT2D eigenvalue weighted by molar-refractivity contribution is 5.72. The summed E-state index contributed by atoms with van der Waals surface area (Å²) in [5.41, 5.74) is 13.6. The van der Waals surface area contributed by atoms with Crippen molar-refractivity contribution >= 4 is 24.4 Å². The van der Waals surface area contributed by atoms with E-state index in [-0.39, 0.29) is 50.8 Å². The molecular formula is C42H56N6O9. The predicted octanol–water partition coefficient (Wildman–Crippen LogP) is 5.37. The Morgan fingerprint density at radius 1 is 0.667 bits per heavy atom. The lowest BCUT2D eigenvalue weighted by molar-refractivity contribution is 0.0306. The van der Waals surface area contributed by atoms with Crippen molar-refractivity contribution in [3.8, 4) is 0 Å². The molecule has 0 aliphatic carbocycles. The summed E-state index contributed by atoms with van der Waals surface area (Å²) in [7, 11) is 0. The van der Waals surface area contributed by atoms with Crippen molar-refractivity contribution in [2.45, 2.75) is 90.2 Å². The maximum Gasteiger partial charge on any atom is 0.416 e. The SMILES string of the molecule is CC(C)(C)OC(=O)N1CC(COC(=O)N[C@@H](Cc2ccccc2)C[C@H](O)[C@H](Cc2ccccc2)NC(=O)OCC2=CC=C(N)N(C(=O)OC(C)(C)C)C2)=CC=C1N. The first-order chi connectivity index (χ1) is 26.8. The molecular weight excluding hydrogens is 732 g/mol. The Balaban J connectivity index is 1.41. The largest absolute Gasteiger partial charge is 0.445 e. The van der Waals surface area contributed by atoms with E-state index in [1.807, 2.05) is 60.7 Å². The van der Waals surface area contributed by atoms with Gasteiger partial charge in [0.1, 0.15) is 36.1 Å². The Kier molecular flexibility index (Phi) is 15.2. The molecule has 2 aliphatic rings. The van der Waals surface area contributed by atoms with E-state index in [1.54, 1.807) is 59.8 Å². The van der Waals surface area contributed by atoms with E-state index in [2.05, 4.69) is 10.6 Å². The Hall–Kier alpha value is -5.96. The Morgan fingerprint density at radius 2 is 1.09 bits per heavy atom. The van der Waals surface area contributed by atoms with Gasteiger partial charge in [0.05, 0.1) is 25.2 Å². The minimum atomic E-state index is -1.15. The van der Waals surface area contributed by atoms with Crippen molar-refractivity contribution in [1.29, 1.82) is 0 Å². The second-order valence-corrected chi connectivity index (χ2v) is 15.9. The molecule has 2 aromatic rings. The Morgan fingerprint density at radius 3 is 1.53 bits per heavy atom. The number of hydrogen-bond acceptors (Lipinski definition) is 11. The lowest BCUT2D eigenvalue weighted by Crippen LogP contribution is -2.49. The van der Waals surface area contributed by atoms with Crippen LogP contribution in [0.4, 0.5) is 19.2 Å². The number of benzene rings is 2. The zero-order valence-corrected chi connectivity index (χ0v) is 33.5. The molecule has 15 nitrogen and oxygen atoms in total. The van der Waals surface area contributed by atoms with Crippen LogP contribution in [0.2, 0.25) is 0 Å². The van der Waals surface area contributed by atoms with Crippen LogP contribution in [0.15, 0.2) is 108 Å². The minimum Gasteiger partial charge on any atom is -0.445 e. The number of carbonyl (C=O) groups is 4. The molecule has 0 radical (unpaired) electrons. The molecule has 2 aliphatic heterocycles. The second kappa shape index (κ2) is 19.8. The van der Waals surface area contributed by atoms with E-state index in [1.165, 1.54) is 15.9 Å². The van der Waals surface area contributed by atoms with Gasteiger partial charge in [-0.1, -0.05) is 72.8 Å². The lowest BCUT2D eigenvalue weighted by Gasteiger charge is -2.30. The van der Waals surface area contributed by atoms with E-state index in [0.29, 0.717) is 17.6 Å². The molecule has 4 rings (SSSR count). The van der Waals surface area contributed by atoms with E-state index in [4.69, 9.17) is 30.4 Å². The number of alkyl carbamates (subject to hydrolysis) is 2. The van der Waals surface area contributed by atoms with Gasteiger partial charge in [-0.2, -0.15) is 0 Å². The van der Waals surface area contributed by atoms with Crippen molar-refractivity contribution in [3.05, 3.63) is 119 Å². The maximum atomic E-state index is 13.2. The molecule has 4 amide bonds. The summed E-state index contributed by atoms with van der Waals surface area (Å²) >= 11 is 0. The van der Waals surface area contributed by atoms with Crippen LogP contribution in [-0.2, 0) is 31.8 Å². The van der Waals surface area contributed by atoms with Gasteiger partial charge in [0.25, 0.3) is 0 Å². The number of aliphatic hydroxyl groups is 1. The Bertz CT molecular complexity index is 1830. The van der Waals surface area contributed by atoms with Crippen LogP contribution in [0.25, 0.3) is 0 Å². The fraction of sp³-hybridized carbons (Fsp3) is 0.429. The number of ether oxygens (including phenoxy) is 4. The predicted molar refractivity (Wildman–Crippen MR) is 214 cm³/mol. The van der Waals surface area contributed by atoms with Crippen molar-refractivity contribution in [1.82, 2.24) is 20.4 Å². The summed E-state index contributed by atoms with van der Waals surface area (Å²) in [6.07, 6.45) is 3.16. The van der Waals surface area contributed by atoms with E-state index >= 15 is 0 Å². The summed E-state index contributed by atoms with van der Waals surface area (Å²) in [5.74, 6) is 0.402. The first-order valence-corrected chi connectivity index (χ1v) is 18.8. The van der Waals surface area contributed by atoms with E-state index in [9.17, 15) is 24.3 Å². The molecule has 2 aromatic carbocycles. The zero-order chi connectivity index (χ0) is 41.8. The average Bonchev–Trinajstić information content (AvgIpc) is 3.13. The van der Waals surface area contributed by atoms with Crippen LogP contribution < -0.4 is 22.1 Å². The van der Waals surface area contributed by atoms with Gasteiger partial charge >= 0.3 is 24.4 Å². The molecule has 0 saturated carbocycles. The van der Waals surface area contributed by atoms with Crippen molar-refractivity contribution in [3.63, 3.8) is 0 Å². The molecule has 3 atom stereocenters. The first-order valence-electron chi connectivity index (χ1n) is 18.8. The van der Waals surface area contributed by atoms with Crippen LogP contribution in [0.3, 0.4) is 0 Å². The summed E-state index contributed by atoms with van der Waals surface area (Å²) < 4.78 is 22.0. The molecule has 0 saturated heterocycles. The number of carbonyl (C=O) groups excluding carboxylic acids is 4. The van der Waals surface area contributed by atoms with Gasteiger partial charge in [-0.3, -0.25) is 9.80 Å². The van der Waals surface area contributed by atoms with Crippen LogP contribution in [0, 0.1) is 0 Å². The van der Waals surface area contributed by atoms with Gasteiger partial charge in [-0.15, -0.1) is 0 Å². The average molecular weight is 789 g/mol. The highest BCUT2D eigenvalue weighted by Gasteiger charge is 2.30. The lowest BCUT2D eigenvalue weighted by atomic mass is 9.94. The van der Waals surface area contributed by atoms with Crippen molar-refractivity contribution < 1.29 is 43.2 Å². The molecule has 0 spiro atoms. The van der Waals surface area contributed by atoms with Crippen LogP contribution in [-0.4, -0.2) is 95.0 Å². The van der Waals surface area contributed by atoms with Crippen molar-refractivity contribution in [2.75, 3.05) is 26.3 Å². The third kappa shape index (κ3) is 14.9. The van der Waals surface area contributed by atoms with Gasteiger partial charge in [0, 0.05) is 6.04 Å². The number of rotatable bonds is 13. The van der Waals surface area contributed by atoms with Gasteiger partial charge in [0.2, 0.25) is 0 Å². The quantitative estimate of drug-likeness (QED) is 0.163. The number of allylic oxidation sites excluding steroid dienone is 4. The zero-order valence-electron chi connectivity index (χ0n) is 33.5. The molecule has 308 valence electrons. The Labute approximate surface area is 334 Å². The summed E-state index contributed by atoms with van der Waals surface area (Å²) in [6.45, 7) is 10.4. The van der Waals surface area contributed by atoms with Crippen LogP contribution >= 0.6 is 0 Å². The number of hydrogen-bond donors (Lipinski definition) is 5. The van der Waals surface area contributed by atoms with Gasteiger partial charge < -0.3 is 46.2 Å². The molecule has 0 bridgehead atoms. The van der Waals surface area contributed by atoms with E-state index in [0.717, 1.165) is 11.1 Å². The number of nitrogens with one attached hydrogen (secondary N) is 2. The molecule has 57 heavy (non-hydrogen) atoms. The summed E-state index contributed by atoms with van der Waals surface area (Å²) in [5, 5.41) is 17.4. The highest BCUT2D eigenvalue weighted by atomic mass is 16.6. The number of aliphatic hydroxyl groups excluding tert-OH is 1. The number of nitrogens with two attached hydrogens (primary N) is 2. The third-order valence-electron chi connectivity index (χ3n) is 8.57. The minimum absolute atomic E-state index is 0.0379. The second-order valence-electron chi connectivity index (χ2n) is 15.9. The fourth-order valence-corrected chi connectivity index (χ4v) is 5.86. The molecule has 2 heterocycles. The molecule has 0 unspecified atom stereocenters. The number of amides is 4. The normalized spacial score (nSPS) is 16.1. The van der Waals surface area contributed by atoms with Crippen molar-refractivity contribution in [2.24, 2.45) is 11.5 Å². The summed E-state index contributed by atoms with van der Waals surface area (Å²) in [4.78, 5) is 54.4. The monoisotopic (exact) mass is 788 g/mol. The summed E-state index contributed by atoms with van der Waals surface area (Å²) in [6, 6.07) is 17.3. The molecule has 0 fully saturated rings. The van der Waals surface area contributed by atoms with Gasteiger partial charge in [-0.25, -0.2) is 19.2 Å². The smallest absolute Gasteiger partial charge is 0.416 e. The maximum absolute atomic E-state index is 13.2.